The zero-order valence-electron chi connectivity index (χ0n) is 11.1. The highest BCUT2D eigenvalue weighted by Crippen LogP contribution is 2.19. The SMILES string of the molecule is Cc1cc2nnc(C(N)c3cnn(C)c3)n2c(C)n1. The minimum atomic E-state index is -0.369. The minimum Gasteiger partial charge on any atom is -0.318 e. The summed E-state index contributed by atoms with van der Waals surface area (Å²) in [4.78, 5) is 4.42. The fourth-order valence-electron chi connectivity index (χ4n) is 2.21. The van der Waals surface area contributed by atoms with Crippen LogP contribution < -0.4 is 5.73 Å². The largest absolute Gasteiger partial charge is 0.318 e. The molecule has 3 heterocycles. The summed E-state index contributed by atoms with van der Waals surface area (Å²) in [6.07, 6.45) is 3.62. The zero-order valence-corrected chi connectivity index (χ0v) is 11.1. The second kappa shape index (κ2) is 4.13. The highest BCUT2D eigenvalue weighted by atomic mass is 15.3. The van der Waals surface area contributed by atoms with Gasteiger partial charge < -0.3 is 5.73 Å². The van der Waals surface area contributed by atoms with Crippen LogP contribution in [0.4, 0.5) is 0 Å². The Morgan fingerprint density at radius 3 is 2.74 bits per heavy atom. The third-order valence-electron chi connectivity index (χ3n) is 3.07. The third kappa shape index (κ3) is 1.88. The van der Waals surface area contributed by atoms with Crippen LogP contribution in [-0.2, 0) is 7.05 Å². The maximum absolute atomic E-state index is 6.24. The fraction of sp³-hybridized carbons (Fsp3) is 0.333. The van der Waals surface area contributed by atoms with Crippen molar-refractivity contribution in [2.45, 2.75) is 19.9 Å². The van der Waals surface area contributed by atoms with Crippen molar-refractivity contribution in [1.82, 2.24) is 29.4 Å². The molecule has 0 saturated carbocycles. The first-order valence-corrected chi connectivity index (χ1v) is 5.99. The summed E-state index contributed by atoms with van der Waals surface area (Å²) in [7, 11) is 1.86. The molecule has 1 unspecified atom stereocenters. The monoisotopic (exact) mass is 257 g/mol. The number of aryl methyl sites for hydroxylation is 3. The Kier molecular flexibility index (Phi) is 2.56. The van der Waals surface area contributed by atoms with E-state index < -0.39 is 0 Å². The summed E-state index contributed by atoms with van der Waals surface area (Å²) in [5.74, 6) is 1.50. The van der Waals surface area contributed by atoms with Crippen molar-refractivity contribution in [3.8, 4) is 0 Å². The fourth-order valence-corrected chi connectivity index (χ4v) is 2.21. The van der Waals surface area contributed by atoms with E-state index in [9.17, 15) is 0 Å². The zero-order chi connectivity index (χ0) is 13.6. The van der Waals surface area contributed by atoms with Crippen molar-refractivity contribution >= 4 is 5.65 Å². The molecule has 98 valence electrons. The summed E-state index contributed by atoms with van der Waals surface area (Å²) in [6.45, 7) is 3.85. The predicted molar refractivity (Wildman–Crippen MR) is 69.5 cm³/mol. The molecule has 0 aliphatic carbocycles. The average Bonchev–Trinajstić information content (AvgIpc) is 2.94. The molecule has 0 aromatic carbocycles. The predicted octanol–water partition coefficient (Wildman–Crippen LogP) is 0.523. The molecular formula is C12H15N7. The Balaban J connectivity index is 2.15. The molecule has 19 heavy (non-hydrogen) atoms. The van der Waals surface area contributed by atoms with Gasteiger partial charge in [-0.2, -0.15) is 5.10 Å². The second-order valence-corrected chi connectivity index (χ2v) is 4.62. The van der Waals surface area contributed by atoms with Gasteiger partial charge in [0.15, 0.2) is 11.5 Å². The van der Waals surface area contributed by atoms with Crippen LogP contribution in [0.15, 0.2) is 18.5 Å². The van der Waals surface area contributed by atoms with Gasteiger partial charge >= 0.3 is 0 Å². The van der Waals surface area contributed by atoms with E-state index in [1.54, 1.807) is 10.9 Å². The summed E-state index contributed by atoms with van der Waals surface area (Å²) in [5, 5.41) is 12.5. The van der Waals surface area contributed by atoms with E-state index in [0.29, 0.717) is 5.82 Å². The molecule has 3 aromatic heterocycles. The lowest BCUT2D eigenvalue weighted by atomic mass is 10.1. The topological polar surface area (TPSA) is 86.9 Å². The molecule has 0 fully saturated rings. The lowest BCUT2D eigenvalue weighted by molar-refractivity contribution is 0.741. The van der Waals surface area contributed by atoms with Gasteiger partial charge in [0.1, 0.15) is 5.82 Å². The Morgan fingerprint density at radius 2 is 2.05 bits per heavy atom. The van der Waals surface area contributed by atoms with Gasteiger partial charge in [0, 0.05) is 30.6 Å². The summed E-state index contributed by atoms with van der Waals surface area (Å²) < 4.78 is 3.60. The molecule has 3 rings (SSSR count). The number of hydrogen-bond donors (Lipinski definition) is 1. The van der Waals surface area contributed by atoms with Gasteiger partial charge in [-0.25, -0.2) is 4.98 Å². The minimum absolute atomic E-state index is 0.369. The van der Waals surface area contributed by atoms with Crippen molar-refractivity contribution < 1.29 is 0 Å². The molecular weight excluding hydrogens is 242 g/mol. The van der Waals surface area contributed by atoms with Crippen LogP contribution >= 0.6 is 0 Å². The van der Waals surface area contributed by atoms with Crippen LogP contribution in [0, 0.1) is 13.8 Å². The molecule has 0 spiro atoms. The van der Waals surface area contributed by atoms with Gasteiger partial charge in [-0.05, 0) is 13.8 Å². The van der Waals surface area contributed by atoms with E-state index in [4.69, 9.17) is 5.73 Å². The first-order chi connectivity index (χ1) is 9.06. The number of fused-ring (bicyclic) bond motifs is 1. The quantitative estimate of drug-likeness (QED) is 0.723. The van der Waals surface area contributed by atoms with Crippen LogP contribution in [0.25, 0.3) is 5.65 Å². The smallest absolute Gasteiger partial charge is 0.164 e. The van der Waals surface area contributed by atoms with E-state index in [0.717, 1.165) is 22.7 Å². The van der Waals surface area contributed by atoms with E-state index in [1.165, 1.54) is 0 Å². The Labute approximate surface area is 110 Å². The lowest BCUT2D eigenvalue weighted by Crippen LogP contribution is -2.16. The van der Waals surface area contributed by atoms with Crippen molar-refractivity contribution in [3.05, 3.63) is 41.4 Å². The van der Waals surface area contributed by atoms with Gasteiger partial charge in [0.05, 0.1) is 12.2 Å². The van der Waals surface area contributed by atoms with Gasteiger partial charge in [-0.3, -0.25) is 9.08 Å². The molecule has 7 heteroatoms. The number of aromatic nitrogens is 6. The van der Waals surface area contributed by atoms with Crippen LogP contribution in [0.3, 0.4) is 0 Å². The lowest BCUT2D eigenvalue weighted by Gasteiger charge is -2.09. The van der Waals surface area contributed by atoms with Crippen molar-refractivity contribution in [2.75, 3.05) is 0 Å². The Morgan fingerprint density at radius 1 is 1.26 bits per heavy atom. The molecule has 0 aliphatic heterocycles. The summed E-state index contributed by atoms with van der Waals surface area (Å²) in [5.41, 5.74) is 8.82. The van der Waals surface area contributed by atoms with E-state index >= 15 is 0 Å². The molecule has 0 aliphatic rings. The first-order valence-electron chi connectivity index (χ1n) is 5.99. The normalized spacial score (nSPS) is 13.1. The van der Waals surface area contributed by atoms with E-state index in [-0.39, 0.29) is 6.04 Å². The van der Waals surface area contributed by atoms with Crippen LogP contribution in [-0.4, -0.2) is 29.4 Å². The van der Waals surface area contributed by atoms with Gasteiger partial charge in [-0.1, -0.05) is 0 Å². The Bertz CT molecular complexity index is 740. The molecule has 0 bridgehead atoms. The average molecular weight is 257 g/mol. The first kappa shape index (κ1) is 11.8. The molecule has 7 nitrogen and oxygen atoms in total. The molecule has 0 amide bonds. The third-order valence-corrected chi connectivity index (χ3v) is 3.07. The number of rotatable bonds is 2. The molecule has 1 atom stereocenters. The number of nitrogens with two attached hydrogens (primary N) is 1. The molecule has 2 N–H and O–H groups in total. The summed E-state index contributed by atoms with van der Waals surface area (Å²) >= 11 is 0. The van der Waals surface area contributed by atoms with Crippen molar-refractivity contribution in [3.63, 3.8) is 0 Å². The maximum atomic E-state index is 6.24. The van der Waals surface area contributed by atoms with Gasteiger partial charge in [0.25, 0.3) is 0 Å². The molecule has 3 aromatic rings. The van der Waals surface area contributed by atoms with E-state index in [1.807, 2.05) is 37.6 Å². The number of hydrogen-bond acceptors (Lipinski definition) is 5. The second-order valence-electron chi connectivity index (χ2n) is 4.62. The molecule has 0 radical (unpaired) electrons. The van der Waals surface area contributed by atoms with Crippen molar-refractivity contribution in [1.29, 1.82) is 0 Å². The highest BCUT2D eigenvalue weighted by Gasteiger charge is 2.19. The maximum Gasteiger partial charge on any atom is 0.164 e. The van der Waals surface area contributed by atoms with Gasteiger partial charge in [0.2, 0.25) is 0 Å². The van der Waals surface area contributed by atoms with Crippen LogP contribution in [0.5, 0.6) is 0 Å². The Hall–Kier alpha value is -2.28. The number of nitrogens with zero attached hydrogens (tertiary/aromatic N) is 6. The van der Waals surface area contributed by atoms with E-state index in [2.05, 4.69) is 20.3 Å². The molecule has 0 saturated heterocycles. The van der Waals surface area contributed by atoms with Crippen LogP contribution in [0.1, 0.15) is 28.9 Å². The van der Waals surface area contributed by atoms with Crippen LogP contribution in [0.2, 0.25) is 0 Å². The van der Waals surface area contributed by atoms with Crippen molar-refractivity contribution in [2.24, 2.45) is 12.8 Å². The highest BCUT2D eigenvalue weighted by molar-refractivity contribution is 5.41. The standard InChI is InChI=1S/C12H15N7/c1-7-4-10-16-17-12(19(10)8(2)15-7)11(13)9-5-14-18(3)6-9/h4-6,11H,13H2,1-3H3. The summed E-state index contributed by atoms with van der Waals surface area (Å²) in [6, 6.07) is 1.52. The van der Waals surface area contributed by atoms with Gasteiger partial charge in [-0.15, -0.1) is 10.2 Å².